The van der Waals surface area contributed by atoms with Gasteiger partial charge in [-0.25, -0.2) is 0 Å². The number of rotatable bonds is 8. The first-order valence-corrected chi connectivity index (χ1v) is 7.43. The van der Waals surface area contributed by atoms with Crippen LogP contribution in [-0.2, 0) is 0 Å². The molecule has 1 N–H and O–H groups in total. The summed E-state index contributed by atoms with van der Waals surface area (Å²) in [5, 5.41) is 10.5. The van der Waals surface area contributed by atoms with Gasteiger partial charge in [0, 0.05) is 5.92 Å². The predicted octanol–water partition coefficient (Wildman–Crippen LogP) is 4.76. The Balaban J connectivity index is 2.72. The van der Waals surface area contributed by atoms with E-state index in [4.69, 9.17) is 0 Å². The molecule has 3 atom stereocenters. The van der Waals surface area contributed by atoms with E-state index in [9.17, 15) is 5.11 Å². The molecule has 0 aromatic heterocycles. The van der Waals surface area contributed by atoms with Crippen molar-refractivity contribution < 1.29 is 5.11 Å². The molecular weight excluding hydrogens is 220 g/mol. The van der Waals surface area contributed by atoms with Crippen LogP contribution in [0.1, 0.15) is 64.4 Å². The van der Waals surface area contributed by atoms with Crippen LogP contribution in [0.15, 0.2) is 30.3 Å². The molecule has 0 saturated heterocycles. The third kappa shape index (κ3) is 4.45. The third-order valence-corrected chi connectivity index (χ3v) is 3.96. The molecule has 0 aliphatic rings. The van der Waals surface area contributed by atoms with E-state index in [0.29, 0.717) is 5.92 Å². The summed E-state index contributed by atoms with van der Waals surface area (Å²) in [6, 6.07) is 10.5. The molecule has 0 bridgehead atoms. The van der Waals surface area contributed by atoms with Gasteiger partial charge in [-0.2, -0.15) is 0 Å². The Morgan fingerprint density at radius 2 is 1.72 bits per heavy atom. The van der Waals surface area contributed by atoms with Crippen molar-refractivity contribution in [3.8, 4) is 0 Å². The van der Waals surface area contributed by atoms with Crippen LogP contribution in [0.25, 0.3) is 0 Å². The van der Waals surface area contributed by atoms with Crippen LogP contribution in [0.3, 0.4) is 0 Å². The standard InChI is InChI=1S/C17H28O/c1-4-6-8-13-16(18)17(14(3)5-2)15-11-9-7-10-12-15/h7,9-12,14,16-18H,4-6,8,13H2,1-3H3. The first kappa shape index (κ1) is 15.2. The molecule has 102 valence electrons. The second-order valence-corrected chi connectivity index (χ2v) is 5.39. The van der Waals surface area contributed by atoms with Crippen molar-refractivity contribution in [3.63, 3.8) is 0 Å². The zero-order chi connectivity index (χ0) is 13.4. The second kappa shape index (κ2) is 8.31. The number of aliphatic hydroxyl groups excluding tert-OH is 1. The van der Waals surface area contributed by atoms with Gasteiger partial charge in [0.25, 0.3) is 0 Å². The van der Waals surface area contributed by atoms with Crippen molar-refractivity contribution in [1.29, 1.82) is 0 Å². The molecule has 1 aromatic rings. The molecule has 3 unspecified atom stereocenters. The van der Waals surface area contributed by atoms with Crippen LogP contribution in [0, 0.1) is 5.92 Å². The molecule has 0 fully saturated rings. The van der Waals surface area contributed by atoms with E-state index >= 15 is 0 Å². The first-order valence-electron chi connectivity index (χ1n) is 7.43. The Bertz CT molecular complexity index is 307. The summed E-state index contributed by atoms with van der Waals surface area (Å²) in [5.41, 5.74) is 1.29. The number of hydrogen-bond donors (Lipinski definition) is 1. The highest BCUT2D eigenvalue weighted by molar-refractivity contribution is 5.21. The van der Waals surface area contributed by atoms with Crippen LogP contribution in [0.2, 0.25) is 0 Å². The first-order chi connectivity index (χ1) is 8.70. The molecule has 1 aromatic carbocycles. The summed E-state index contributed by atoms with van der Waals surface area (Å²) in [7, 11) is 0. The molecular formula is C17H28O. The number of benzene rings is 1. The summed E-state index contributed by atoms with van der Waals surface area (Å²) in [5.74, 6) is 0.817. The van der Waals surface area contributed by atoms with Gasteiger partial charge in [0.1, 0.15) is 0 Å². The molecule has 18 heavy (non-hydrogen) atoms. The lowest BCUT2D eigenvalue weighted by atomic mass is 9.80. The van der Waals surface area contributed by atoms with Crippen molar-refractivity contribution in [2.45, 2.75) is 64.9 Å². The number of hydrogen-bond acceptors (Lipinski definition) is 1. The number of unbranched alkanes of at least 4 members (excludes halogenated alkanes) is 2. The fraction of sp³-hybridized carbons (Fsp3) is 0.647. The highest BCUT2D eigenvalue weighted by Gasteiger charge is 2.25. The summed E-state index contributed by atoms with van der Waals surface area (Å²) in [6.45, 7) is 6.66. The SMILES string of the molecule is CCCCCC(O)C(c1ccccc1)C(C)CC. The summed E-state index contributed by atoms with van der Waals surface area (Å²) >= 11 is 0. The van der Waals surface area contributed by atoms with Crippen molar-refractivity contribution in [1.82, 2.24) is 0 Å². The predicted molar refractivity (Wildman–Crippen MR) is 78.8 cm³/mol. The van der Waals surface area contributed by atoms with Crippen molar-refractivity contribution in [2.75, 3.05) is 0 Å². The van der Waals surface area contributed by atoms with Crippen LogP contribution >= 0.6 is 0 Å². The Kier molecular flexibility index (Phi) is 7.04. The minimum absolute atomic E-state index is 0.200. The average molecular weight is 248 g/mol. The topological polar surface area (TPSA) is 20.2 Å². The molecule has 1 rings (SSSR count). The Hall–Kier alpha value is -0.820. The molecule has 0 spiro atoms. The van der Waals surface area contributed by atoms with E-state index in [2.05, 4.69) is 45.0 Å². The van der Waals surface area contributed by atoms with Crippen LogP contribution in [0.5, 0.6) is 0 Å². The Labute approximate surface area is 112 Å². The minimum atomic E-state index is -0.200. The fourth-order valence-electron chi connectivity index (χ4n) is 2.64. The maximum absolute atomic E-state index is 10.5. The summed E-state index contributed by atoms with van der Waals surface area (Å²) in [4.78, 5) is 0. The molecule has 0 heterocycles. The van der Waals surface area contributed by atoms with Gasteiger partial charge in [-0.05, 0) is 17.9 Å². The van der Waals surface area contributed by atoms with Crippen molar-refractivity contribution in [2.24, 2.45) is 5.92 Å². The molecule has 0 radical (unpaired) electrons. The molecule has 0 aliphatic carbocycles. The van der Waals surface area contributed by atoms with Gasteiger partial charge >= 0.3 is 0 Å². The molecule has 0 amide bonds. The Morgan fingerprint density at radius 1 is 1.06 bits per heavy atom. The van der Waals surface area contributed by atoms with Crippen molar-refractivity contribution >= 4 is 0 Å². The van der Waals surface area contributed by atoms with Crippen LogP contribution in [-0.4, -0.2) is 11.2 Å². The molecule has 0 aliphatic heterocycles. The van der Waals surface area contributed by atoms with Gasteiger partial charge in [0.05, 0.1) is 6.10 Å². The van der Waals surface area contributed by atoms with Gasteiger partial charge < -0.3 is 5.11 Å². The van der Waals surface area contributed by atoms with E-state index in [1.807, 2.05) is 6.07 Å². The normalized spacial score (nSPS) is 16.2. The van der Waals surface area contributed by atoms with Crippen LogP contribution in [0.4, 0.5) is 0 Å². The number of aliphatic hydroxyl groups is 1. The van der Waals surface area contributed by atoms with Gasteiger partial charge in [0.2, 0.25) is 0 Å². The van der Waals surface area contributed by atoms with Gasteiger partial charge in [-0.1, -0.05) is 76.8 Å². The lowest BCUT2D eigenvalue weighted by Crippen LogP contribution is -2.24. The highest BCUT2D eigenvalue weighted by Crippen LogP contribution is 2.32. The average Bonchev–Trinajstić information content (AvgIpc) is 2.40. The lowest BCUT2D eigenvalue weighted by Gasteiger charge is -2.28. The van der Waals surface area contributed by atoms with Crippen LogP contribution < -0.4 is 0 Å². The smallest absolute Gasteiger partial charge is 0.0611 e. The minimum Gasteiger partial charge on any atom is -0.392 e. The van der Waals surface area contributed by atoms with E-state index < -0.39 is 0 Å². The van der Waals surface area contributed by atoms with Crippen molar-refractivity contribution in [3.05, 3.63) is 35.9 Å². The van der Waals surface area contributed by atoms with E-state index in [-0.39, 0.29) is 12.0 Å². The quantitative estimate of drug-likeness (QED) is 0.658. The largest absolute Gasteiger partial charge is 0.392 e. The van der Waals surface area contributed by atoms with E-state index in [1.54, 1.807) is 0 Å². The Morgan fingerprint density at radius 3 is 2.28 bits per heavy atom. The summed E-state index contributed by atoms with van der Waals surface area (Å²) < 4.78 is 0. The van der Waals surface area contributed by atoms with Gasteiger partial charge in [-0.15, -0.1) is 0 Å². The third-order valence-electron chi connectivity index (χ3n) is 3.96. The summed E-state index contributed by atoms with van der Waals surface area (Å²) in [6.07, 6.45) is 5.42. The van der Waals surface area contributed by atoms with Gasteiger partial charge in [-0.3, -0.25) is 0 Å². The zero-order valence-corrected chi connectivity index (χ0v) is 12.1. The molecule has 0 saturated carbocycles. The van der Waals surface area contributed by atoms with Gasteiger partial charge in [0.15, 0.2) is 0 Å². The maximum atomic E-state index is 10.5. The monoisotopic (exact) mass is 248 g/mol. The lowest BCUT2D eigenvalue weighted by molar-refractivity contribution is 0.106. The maximum Gasteiger partial charge on any atom is 0.0611 e. The zero-order valence-electron chi connectivity index (χ0n) is 12.1. The highest BCUT2D eigenvalue weighted by atomic mass is 16.3. The molecule has 1 heteroatoms. The fourth-order valence-corrected chi connectivity index (χ4v) is 2.64. The van der Waals surface area contributed by atoms with E-state index in [0.717, 1.165) is 19.3 Å². The van der Waals surface area contributed by atoms with E-state index in [1.165, 1.54) is 18.4 Å². The molecule has 1 nitrogen and oxygen atoms in total. The second-order valence-electron chi connectivity index (χ2n) is 5.39.